The fourth-order valence-corrected chi connectivity index (χ4v) is 13.0. The molecular formula is C50H92N5O40P5. The van der Waals surface area contributed by atoms with Crippen molar-refractivity contribution in [3.8, 4) is 0 Å². The Morgan fingerprint density at radius 2 is 0.990 bits per heavy atom. The van der Waals surface area contributed by atoms with Crippen LogP contribution in [0.25, 0.3) is 11.2 Å². The van der Waals surface area contributed by atoms with Crippen molar-refractivity contribution in [3.63, 3.8) is 0 Å². The third-order valence-electron chi connectivity index (χ3n) is 15.1. The number of nitrogens with one attached hydrogen (secondary N) is 1. The Balaban J connectivity index is 0.00000893. The molecule has 6 heterocycles. The van der Waals surface area contributed by atoms with Crippen molar-refractivity contribution in [2.75, 3.05) is 120 Å². The molecule has 6 rings (SSSR count). The molecule has 1 amide bonds. The number of hydrogen-bond acceptors (Lipinski definition) is 38. The van der Waals surface area contributed by atoms with E-state index in [4.69, 9.17) is 88.1 Å². The number of phosphoric ester groups is 5. The van der Waals surface area contributed by atoms with E-state index in [1.807, 2.05) is 13.8 Å². The van der Waals surface area contributed by atoms with E-state index in [0.29, 0.717) is 11.2 Å². The second kappa shape index (κ2) is 41.2. The Labute approximate surface area is 571 Å². The summed E-state index contributed by atoms with van der Waals surface area (Å²) in [5.41, 5.74) is -1.08. The predicted molar refractivity (Wildman–Crippen MR) is 326 cm³/mol. The monoisotopic (exact) mass is 1560 g/mol. The van der Waals surface area contributed by atoms with Gasteiger partial charge in [-0.25, -0.2) is 37.8 Å². The second-order valence-electron chi connectivity index (χ2n) is 22.3. The van der Waals surface area contributed by atoms with Crippen molar-refractivity contribution < 1.29 is 191 Å². The lowest BCUT2D eigenvalue weighted by Gasteiger charge is -2.42. The van der Waals surface area contributed by atoms with Gasteiger partial charge in [0.15, 0.2) is 44.9 Å². The number of rotatable bonds is 44. The number of fused-ring (bicyclic) bond motifs is 1. The van der Waals surface area contributed by atoms with E-state index < -0.39 is 273 Å². The van der Waals surface area contributed by atoms with Crippen LogP contribution in [-0.2, 0) is 120 Å². The maximum absolute atomic E-state index is 14.0. The van der Waals surface area contributed by atoms with Gasteiger partial charge >= 0.3 is 39.1 Å². The third-order valence-corrected chi connectivity index (χ3v) is 19.8. The number of aromatic nitrogens is 4. The SMILES string of the molecule is CC.COP(=O)(O)OC1C[C@H](n2cnc3c(C)ncnc32)O[C@@H]1COP(=O)(O)OCC(COCOP(=O)(O)OCCO[C@@H]1OC(CO)[C@H](O)[C@H](O)C1C)(COCOP(=O)(O)OCCO[C@@H]1OC(CO)[C@H](O)[C@H](O)C1C)COCOP(=O)(O)OCCO[C@@H]1OC(CO)[C@H](O)[C@H](O)C1NC(C)=O. The number of nitrogens with zero attached hydrogens (tertiary/aromatic N) is 4. The molecular weight excluding hydrogens is 1470 g/mol. The van der Waals surface area contributed by atoms with Gasteiger partial charge in [0.05, 0.1) is 122 Å². The fraction of sp³-hybridized carbons (Fsp3) is 0.880. The minimum Gasteiger partial charge on any atom is -0.394 e. The molecule has 15 N–H and O–H groups in total. The zero-order valence-electron chi connectivity index (χ0n) is 55.2. The van der Waals surface area contributed by atoms with Gasteiger partial charge in [-0.3, -0.25) is 54.6 Å². The standard InChI is InChI=1S/C48H86N5O40P5.C2H6/c1-26-38(58)40(60)31(13-54)90-45(26)78-6-9-81-95(66,67)86-23-75-17-48(18-76-24-87-96(68,69)82-10-7-79-46-27(2)39(59)41(61)32(14-55)91-46,19-77-25-88-97(70,71)83-11-8-80-47-37(52-29(4)57)43(63)42(62)33(15-56)92-47)20-85-98(72,73)84-16-34-30(93-94(64,65)74-5)12-35(89-34)53-22-51-36-28(3)49-21-50-44(36)53;1-2/h21-22,26-27,30-35,37-43,45-47,54-56,58-63H,6-20,23-25H2,1-5H3,(H,52,57)(H,64,65)(H,66,67)(H,68,69)(H,70,71)(H,72,73);1-2H3/t26?,27?,30?,31?,32?,33?,34-,35-,37?,38-,39-,40+,41+,42+,43-,45-,46-,47-,48?;/m1./s1. The summed E-state index contributed by atoms with van der Waals surface area (Å²) in [6, 6.07) is -1.40. The summed E-state index contributed by atoms with van der Waals surface area (Å²) in [6.07, 6.45) is -18.6. The molecule has 0 radical (unpaired) electrons. The van der Waals surface area contributed by atoms with Crippen LogP contribution in [0.3, 0.4) is 0 Å². The number of aliphatic hydroxyl groups excluding tert-OH is 9. The van der Waals surface area contributed by atoms with Gasteiger partial charge in [-0.15, -0.1) is 0 Å². The van der Waals surface area contributed by atoms with Gasteiger partial charge in [-0.1, -0.05) is 27.7 Å². The minimum atomic E-state index is -5.49. The number of carbonyl (C=O) groups is 1. The lowest BCUT2D eigenvalue weighted by molar-refractivity contribution is -0.283. The Bertz CT molecular complexity index is 2950. The maximum Gasteiger partial charge on any atom is 0.474 e. The average Bonchev–Trinajstić information content (AvgIpc) is 1.59. The zero-order valence-corrected chi connectivity index (χ0v) is 59.6. The first-order chi connectivity index (χ1) is 47.1. The van der Waals surface area contributed by atoms with Crippen molar-refractivity contribution in [1.29, 1.82) is 0 Å². The van der Waals surface area contributed by atoms with E-state index in [-0.39, 0.29) is 12.1 Å². The van der Waals surface area contributed by atoms with Crippen LogP contribution < -0.4 is 5.32 Å². The molecule has 50 heteroatoms. The van der Waals surface area contributed by atoms with E-state index in [1.54, 1.807) is 6.92 Å². The molecule has 4 aliphatic rings. The van der Waals surface area contributed by atoms with Crippen molar-refractivity contribution in [2.45, 2.75) is 146 Å². The van der Waals surface area contributed by atoms with Crippen LogP contribution in [-0.4, -0.2) is 308 Å². The summed E-state index contributed by atoms with van der Waals surface area (Å²) in [5, 5.41) is 92.9. The summed E-state index contributed by atoms with van der Waals surface area (Å²) in [4.78, 5) is 77.7. The Morgan fingerprint density at radius 1 is 0.560 bits per heavy atom. The molecule has 0 bridgehead atoms. The summed E-state index contributed by atoms with van der Waals surface area (Å²) in [7, 11) is -24.9. The van der Waals surface area contributed by atoms with Crippen molar-refractivity contribution >= 4 is 56.2 Å². The number of imidazole rings is 1. The number of aliphatic hydroxyl groups is 9. The van der Waals surface area contributed by atoms with E-state index >= 15 is 0 Å². The third kappa shape index (κ3) is 26.9. The first-order valence-electron chi connectivity index (χ1n) is 30.7. The highest BCUT2D eigenvalue weighted by Gasteiger charge is 2.48. The van der Waals surface area contributed by atoms with Crippen LogP contribution >= 0.6 is 39.1 Å². The zero-order chi connectivity index (χ0) is 74.4. The summed E-state index contributed by atoms with van der Waals surface area (Å²) >= 11 is 0. The smallest absolute Gasteiger partial charge is 0.394 e. The highest BCUT2D eigenvalue weighted by Crippen LogP contribution is 2.51. The molecule has 4 fully saturated rings. The van der Waals surface area contributed by atoms with Gasteiger partial charge in [0.2, 0.25) is 5.91 Å². The molecule has 4 aliphatic heterocycles. The number of carbonyl (C=O) groups excluding carboxylic acids is 1. The normalized spacial score (nSPS) is 32.5. The first kappa shape index (κ1) is 88.4. The van der Waals surface area contributed by atoms with Crippen LogP contribution in [0.5, 0.6) is 0 Å². The highest BCUT2D eigenvalue weighted by atomic mass is 31.2. The molecule has 12 unspecified atom stereocenters. The summed E-state index contributed by atoms with van der Waals surface area (Å²) in [5.74, 6) is -2.39. The lowest BCUT2D eigenvalue weighted by atomic mass is 9.92. The molecule has 100 heavy (non-hydrogen) atoms. The van der Waals surface area contributed by atoms with Crippen LogP contribution in [0.1, 0.15) is 53.0 Å². The molecule has 0 aliphatic carbocycles. The summed E-state index contributed by atoms with van der Waals surface area (Å²) < 4.78 is 173. The molecule has 0 aromatic carbocycles. The largest absolute Gasteiger partial charge is 0.474 e. The van der Waals surface area contributed by atoms with Gasteiger partial charge in [0.1, 0.15) is 79.0 Å². The van der Waals surface area contributed by atoms with Crippen LogP contribution in [0.15, 0.2) is 12.7 Å². The van der Waals surface area contributed by atoms with Crippen molar-refractivity contribution in [3.05, 3.63) is 18.3 Å². The Morgan fingerprint density at radius 3 is 1.43 bits per heavy atom. The number of amides is 1. The van der Waals surface area contributed by atoms with Gasteiger partial charge in [-0.2, -0.15) is 0 Å². The molecule has 4 saturated heterocycles. The topological polar surface area (TPSA) is 626 Å². The average molecular weight is 1560 g/mol. The molecule has 582 valence electrons. The lowest BCUT2D eigenvalue weighted by Crippen LogP contribution is -2.64. The molecule has 0 saturated carbocycles. The Hall–Kier alpha value is -2.19. The summed E-state index contributed by atoms with van der Waals surface area (Å²) in [6.45, 7) is -4.97. The number of aryl methyl sites for hydroxylation is 1. The second-order valence-corrected chi connectivity index (χ2v) is 29.7. The predicted octanol–water partition coefficient (Wildman–Crippen LogP) is -2.83. The quantitative estimate of drug-likeness (QED) is 0.0181. The van der Waals surface area contributed by atoms with Crippen LogP contribution in [0.2, 0.25) is 0 Å². The first-order valence-corrected chi connectivity index (χ1v) is 38.1. The molecule has 23 atom stereocenters. The van der Waals surface area contributed by atoms with Crippen LogP contribution in [0.4, 0.5) is 0 Å². The van der Waals surface area contributed by atoms with Gasteiger partial charge in [0, 0.05) is 32.3 Å². The fourth-order valence-electron chi connectivity index (χ4n) is 9.78. The molecule has 45 nitrogen and oxygen atoms in total. The van der Waals surface area contributed by atoms with Crippen molar-refractivity contribution in [1.82, 2.24) is 24.8 Å². The highest BCUT2D eigenvalue weighted by molar-refractivity contribution is 7.48. The Kier molecular flexibility index (Phi) is 36.5. The van der Waals surface area contributed by atoms with Crippen LogP contribution in [0, 0.1) is 24.2 Å². The molecule has 2 aromatic heterocycles. The molecule has 0 spiro atoms. The van der Waals surface area contributed by atoms with E-state index in [1.165, 1.54) is 31.1 Å². The maximum atomic E-state index is 14.0. The minimum absolute atomic E-state index is 0.236. The number of phosphoric acid groups is 5. The van der Waals surface area contributed by atoms with E-state index in [0.717, 1.165) is 14.0 Å². The number of hydrogen-bond donors (Lipinski definition) is 15. The van der Waals surface area contributed by atoms with E-state index in [2.05, 4.69) is 24.8 Å². The van der Waals surface area contributed by atoms with Gasteiger partial charge in [-0.05, 0) is 6.92 Å². The van der Waals surface area contributed by atoms with E-state index in [9.17, 15) is 98.0 Å². The van der Waals surface area contributed by atoms with Gasteiger partial charge in [0.25, 0.3) is 0 Å². The molecule has 2 aromatic rings. The number of ether oxygens (including phenoxy) is 10. The van der Waals surface area contributed by atoms with Gasteiger partial charge < -0.3 is 123 Å². The van der Waals surface area contributed by atoms with Crippen molar-refractivity contribution in [2.24, 2.45) is 17.3 Å².